The van der Waals surface area contributed by atoms with E-state index in [4.69, 9.17) is 0 Å². The number of nitrogens with zero attached hydrogens (tertiary/aromatic N) is 3. The number of rotatable bonds is 3. The van der Waals surface area contributed by atoms with Crippen molar-refractivity contribution in [3.63, 3.8) is 0 Å². The molecule has 1 aliphatic heterocycles. The van der Waals surface area contributed by atoms with Crippen molar-refractivity contribution >= 4 is 15.9 Å². The number of sulfonamides is 1. The molecule has 1 fully saturated rings. The fraction of sp³-hybridized carbons (Fsp3) is 0.312. The smallest absolute Gasteiger partial charge is 0.274 e. The van der Waals surface area contributed by atoms with E-state index >= 15 is 0 Å². The van der Waals surface area contributed by atoms with Crippen LogP contribution in [0, 0.1) is 6.92 Å². The number of piperazine rings is 1. The highest BCUT2D eigenvalue weighted by Gasteiger charge is 2.30. The van der Waals surface area contributed by atoms with Crippen LogP contribution in [0.3, 0.4) is 0 Å². The molecule has 1 aromatic heterocycles. The molecule has 1 aromatic carbocycles. The quantitative estimate of drug-likeness (QED) is 0.842. The first kappa shape index (κ1) is 17.3. The molecule has 8 nitrogen and oxygen atoms in total. The van der Waals surface area contributed by atoms with E-state index in [1.165, 1.54) is 21.3 Å². The molecular weight excluding hydrogens is 344 g/mol. The van der Waals surface area contributed by atoms with Gasteiger partial charge in [-0.15, -0.1) is 0 Å². The van der Waals surface area contributed by atoms with Crippen LogP contribution < -0.4 is 5.56 Å². The summed E-state index contributed by atoms with van der Waals surface area (Å²) in [6, 6.07) is 9.35. The van der Waals surface area contributed by atoms with Gasteiger partial charge in [-0.05, 0) is 30.7 Å². The van der Waals surface area contributed by atoms with Crippen LogP contribution in [0.15, 0.2) is 46.1 Å². The van der Waals surface area contributed by atoms with Crippen LogP contribution in [0.2, 0.25) is 0 Å². The van der Waals surface area contributed by atoms with Gasteiger partial charge in [-0.2, -0.15) is 9.40 Å². The molecule has 3 rings (SSSR count). The van der Waals surface area contributed by atoms with Crippen LogP contribution in [0.25, 0.3) is 0 Å². The summed E-state index contributed by atoms with van der Waals surface area (Å²) in [5.41, 5.74) is 0.624. The molecule has 0 saturated carbocycles. The van der Waals surface area contributed by atoms with Crippen LogP contribution in [0.1, 0.15) is 16.1 Å². The van der Waals surface area contributed by atoms with Crippen LogP contribution in [0.4, 0.5) is 0 Å². The minimum Gasteiger partial charge on any atom is -0.335 e. The summed E-state index contributed by atoms with van der Waals surface area (Å²) in [6.07, 6.45) is 0. The number of carbonyl (C=O) groups excluding carboxylic acids is 1. The highest BCUT2D eigenvalue weighted by atomic mass is 32.2. The molecule has 1 aliphatic rings. The SMILES string of the molecule is Cc1cccc(S(=O)(=O)N2CCN(C(=O)c3ccc(=O)[nH]n3)CC2)c1. The third-order valence-electron chi connectivity index (χ3n) is 4.05. The average molecular weight is 362 g/mol. The van der Waals surface area contributed by atoms with E-state index in [0.29, 0.717) is 0 Å². The molecule has 25 heavy (non-hydrogen) atoms. The Kier molecular flexibility index (Phi) is 4.69. The molecule has 0 spiro atoms. The molecular formula is C16H18N4O4S. The number of benzene rings is 1. The largest absolute Gasteiger partial charge is 0.335 e. The lowest BCUT2D eigenvalue weighted by molar-refractivity contribution is 0.0690. The molecule has 0 atom stereocenters. The molecule has 1 N–H and O–H groups in total. The number of hydrogen-bond donors (Lipinski definition) is 1. The third-order valence-corrected chi connectivity index (χ3v) is 5.95. The van der Waals surface area contributed by atoms with Crippen molar-refractivity contribution in [2.75, 3.05) is 26.2 Å². The number of nitrogens with one attached hydrogen (secondary N) is 1. The molecule has 0 radical (unpaired) electrons. The van der Waals surface area contributed by atoms with E-state index in [2.05, 4.69) is 10.2 Å². The molecule has 0 unspecified atom stereocenters. The van der Waals surface area contributed by atoms with Crippen LogP contribution in [-0.4, -0.2) is 59.9 Å². The third kappa shape index (κ3) is 3.62. The van der Waals surface area contributed by atoms with Crippen molar-refractivity contribution in [1.29, 1.82) is 0 Å². The van der Waals surface area contributed by atoms with E-state index in [0.717, 1.165) is 5.56 Å². The second-order valence-corrected chi connectivity index (χ2v) is 7.76. The molecule has 0 bridgehead atoms. The minimum absolute atomic E-state index is 0.134. The maximum atomic E-state index is 12.7. The van der Waals surface area contributed by atoms with Gasteiger partial charge in [-0.3, -0.25) is 9.59 Å². The number of amides is 1. The molecule has 2 aromatic rings. The Morgan fingerprint density at radius 3 is 2.44 bits per heavy atom. The number of aryl methyl sites for hydroxylation is 1. The Morgan fingerprint density at radius 2 is 1.84 bits per heavy atom. The minimum atomic E-state index is -3.57. The highest BCUT2D eigenvalue weighted by molar-refractivity contribution is 7.89. The Hall–Kier alpha value is -2.52. The summed E-state index contributed by atoms with van der Waals surface area (Å²) in [6.45, 7) is 2.80. The van der Waals surface area contributed by atoms with E-state index in [1.807, 2.05) is 13.0 Å². The second-order valence-electron chi connectivity index (χ2n) is 5.82. The fourth-order valence-electron chi connectivity index (χ4n) is 2.68. The summed E-state index contributed by atoms with van der Waals surface area (Å²) in [5.74, 6) is -0.330. The first-order chi connectivity index (χ1) is 11.9. The lowest BCUT2D eigenvalue weighted by atomic mass is 10.2. The van der Waals surface area contributed by atoms with Gasteiger partial charge in [0.15, 0.2) is 0 Å². The predicted octanol–water partition coefficient (Wildman–Crippen LogP) is 0.225. The van der Waals surface area contributed by atoms with Crippen molar-refractivity contribution in [2.45, 2.75) is 11.8 Å². The number of carbonyl (C=O) groups is 1. The summed E-state index contributed by atoms with van der Waals surface area (Å²) >= 11 is 0. The monoisotopic (exact) mass is 362 g/mol. The van der Waals surface area contributed by atoms with Gasteiger partial charge >= 0.3 is 0 Å². The molecule has 9 heteroatoms. The Labute approximate surface area is 145 Å². The fourth-order valence-corrected chi connectivity index (χ4v) is 4.21. The Bertz CT molecular complexity index is 926. The zero-order valence-corrected chi connectivity index (χ0v) is 14.5. The number of H-pyrrole nitrogens is 1. The number of aromatic amines is 1. The lowest BCUT2D eigenvalue weighted by Gasteiger charge is -2.33. The maximum Gasteiger partial charge on any atom is 0.274 e. The number of hydrogen-bond acceptors (Lipinski definition) is 5. The van der Waals surface area contributed by atoms with Gasteiger partial charge in [0.05, 0.1) is 4.90 Å². The van der Waals surface area contributed by atoms with Crippen LogP contribution in [0.5, 0.6) is 0 Å². The zero-order valence-electron chi connectivity index (χ0n) is 13.7. The standard InChI is InChI=1S/C16H18N4O4S/c1-12-3-2-4-13(11-12)25(23,24)20-9-7-19(8-10-20)16(22)14-5-6-15(21)18-17-14/h2-6,11H,7-10H2,1H3,(H,18,21). The van der Waals surface area contributed by atoms with Gasteiger partial charge in [-0.1, -0.05) is 12.1 Å². The summed E-state index contributed by atoms with van der Waals surface area (Å²) in [5, 5.41) is 5.94. The van der Waals surface area contributed by atoms with Crippen molar-refractivity contribution in [3.8, 4) is 0 Å². The van der Waals surface area contributed by atoms with Crippen molar-refractivity contribution in [2.24, 2.45) is 0 Å². The normalized spacial score (nSPS) is 16.0. The maximum absolute atomic E-state index is 12.7. The van der Waals surface area contributed by atoms with Gasteiger partial charge in [-0.25, -0.2) is 13.5 Å². The predicted molar refractivity (Wildman–Crippen MR) is 90.7 cm³/mol. The zero-order chi connectivity index (χ0) is 18.0. The summed E-state index contributed by atoms with van der Waals surface area (Å²) < 4.78 is 26.8. The lowest BCUT2D eigenvalue weighted by Crippen LogP contribution is -2.50. The highest BCUT2D eigenvalue weighted by Crippen LogP contribution is 2.19. The Morgan fingerprint density at radius 1 is 1.12 bits per heavy atom. The van der Waals surface area contributed by atoms with E-state index < -0.39 is 10.0 Å². The van der Waals surface area contributed by atoms with Crippen LogP contribution in [-0.2, 0) is 10.0 Å². The van der Waals surface area contributed by atoms with E-state index in [-0.39, 0.29) is 48.2 Å². The van der Waals surface area contributed by atoms with Crippen molar-refractivity contribution in [3.05, 3.63) is 58.0 Å². The average Bonchev–Trinajstić information content (AvgIpc) is 2.62. The topological polar surface area (TPSA) is 103 Å². The molecule has 1 saturated heterocycles. The molecule has 0 aliphatic carbocycles. The van der Waals surface area contributed by atoms with Gasteiger partial charge in [0.25, 0.3) is 11.5 Å². The number of aromatic nitrogens is 2. The van der Waals surface area contributed by atoms with Gasteiger partial charge in [0, 0.05) is 32.2 Å². The molecule has 132 valence electrons. The van der Waals surface area contributed by atoms with Gasteiger partial charge in [0.1, 0.15) is 5.69 Å². The van der Waals surface area contributed by atoms with Gasteiger partial charge in [0.2, 0.25) is 10.0 Å². The summed E-state index contributed by atoms with van der Waals surface area (Å²) in [4.78, 5) is 25.2. The summed E-state index contributed by atoms with van der Waals surface area (Å²) in [7, 11) is -3.57. The van der Waals surface area contributed by atoms with Gasteiger partial charge < -0.3 is 4.90 Å². The van der Waals surface area contributed by atoms with E-state index in [1.54, 1.807) is 18.2 Å². The van der Waals surface area contributed by atoms with Crippen LogP contribution >= 0.6 is 0 Å². The van der Waals surface area contributed by atoms with Crippen molar-refractivity contribution in [1.82, 2.24) is 19.4 Å². The van der Waals surface area contributed by atoms with Crippen molar-refractivity contribution < 1.29 is 13.2 Å². The molecule has 1 amide bonds. The molecule has 2 heterocycles. The first-order valence-electron chi connectivity index (χ1n) is 7.80. The second kappa shape index (κ2) is 6.77. The first-order valence-corrected chi connectivity index (χ1v) is 9.24. The Balaban J connectivity index is 1.70. The van der Waals surface area contributed by atoms with E-state index in [9.17, 15) is 18.0 Å².